The van der Waals surface area contributed by atoms with Crippen LogP contribution >= 0.6 is 0 Å². The Balaban J connectivity index is 1.91. The minimum Gasteiger partial charge on any atom is -0.460 e. The number of hydrogen-bond acceptors (Lipinski definition) is 4. The van der Waals surface area contributed by atoms with Gasteiger partial charge in [0, 0.05) is 12.8 Å². The van der Waals surface area contributed by atoms with Crippen LogP contribution in [0.3, 0.4) is 0 Å². The predicted octanol–water partition coefficient (Wildman–Crippen LogP) is 7.24. The van der Waals surface area contributed by atoms with Crippen LogP contribution < -0.4 is 0 Å². The third-order valence-corrected chi connectivity index (χ3v) is 5.70. The van der Waals surface area contributed by atoms with Crippen LogP contribution in [0.5, 0.6) is 0 Å². The second-order valence-electron chi connectivity index (χ2n) is 8.71. The summed E-state index contributed by atoms with van der Waals surface area (Å²) in [5, 5.41) is 0. The van der Waals surface area contributed by atoms with Gasteiger partial charge in [0.15, 0.2) is 5.79 Å². The highest BCUT2D eigenvalue weighted by atomic mass is 16.7. The average molecular weight is 443 g/mol. The highest BCUT2D eigenvalue weighted by molar-refractivity contribution is 5.75. The molecule has 0 fully saturated rings. The van der Waals surface area contributed by atoms with E-state index in [0.29, 0.717) is 26.1 Å². The van der Waals surface area contributed by atoms with Gasteiger partial charge in [-0.25, -0.2) is 0 Å². The van der Waals surface area contributed by atoms with Gasteiger partial charge in [0.2, 0.25) is 0 Å². The lowest BCUT2D eigenvalue weighted by Crippen LogP contribution is -2.38. The van der Waals surface area contributed by atoms with E-state index in [9.17, 15) is 4.79 Å². The molecule has 32 heavy (non-hydrogen) atoms. The van der Waals surface area contributed by atoms with E-state index in [2.05, 4.69) is 38.1 Å². The number of carbonyl (C=O) groups is 1. The van der Waals surface area contributed by atoms with E-state index in [-0.39, 0.29) is 12.1 Å². The highest BCUT2D eigenvalue weighted by Gasteiger charge is 2.31. The van der Waals surface area contributed by atoms with Gasteiger partial charge < -0.3 is 14.2 Å². The maximum absolute atomic E-state index is 11.9. The number of benzene rings is 1. The van der Waals surface area contributed by atoms with Crippen LogP contribution in [-0.4, -0.2) is 31.1 Å². The first-order valence-electron chi connectivity index (χ1n) is 12.5. The number of ether oxygens (including phenoxy) is 3. The molecule has 0 saturated carbocycles. The van der Waals surface area contributed by atoms with Crippen molar-refractivity contribution < 1.29 is 19.0 Å². The van der Waals surface area contributed by atoms with Gasteiger partial charge in [-0.1, -0.05) is 94.9 Å². The summed E-state index contributed by atoms with van der Waals surface area (Å²) in [6, 6.07) is 10.3. The van der Waals surface area contributed by atoms with Crippen LogP contribution in [0.25, 0.3) is 5.57 Å². The van der Waals surface area contributed by atoms with E-state index < -0.39 is 5.79 Å². The number of esters is 1. The summed E-state index contributed by atoms with van der Waals surface area (Å²) in [7, 11) is 0. The zero-order valence-electron chi connectivity index (χ0n) is 20.3. The van der Waals surface area contributed by atoms with Crippen LogP contribution in [0.1, 0.15) is 90.5 Å². The lowest BCUT2D eigenvalue weighted by atomic mass is 9.96. The van der Waals surface area contributed by atoms with Crippen molar-refractivity contribution in [2.45, 2.75) is 96.9 Å². The molecular formula is C28H42O4. The first kappa shape index (κ1) is 26.3. The maximum atomic E-state index is 11.9. The molecule has 0 N–H and O–H groups in total. The van der Waals surface area contributed by atoms with E-state index >= 15 is 0 Å². The first-order valence-corrected chi connectivity index (χ1v) is 12.5. The Morgan fingerprint density at radius 1 is 0.969 bits per heavy atom. The first-order chi connectivity index (χ1) is 15.6. The molecule has 4 nitrogen and oxygen atoms in total. The Morgan fingerprint density at radius 2 is 1.69 bits per heavy atom. The van der Waals surface area contributed by atoms with Crippen molar-refractivity contribution in [1.82, 2.24) is 0 Å². The lowest BCUT2D eigenvalue weighted by Gasteiger charge is -2.33. The van der Waals surface area contributed by atoms with Crippen LogP contribution in [0.4, 0.5) is 0 Å². The Hall–Kier alpha value is -1.91. The normalized spacial score (nSPS) is 18.9. The number of rotatable bonds is 16. The molecule has 2 rings (SSSR count). The van der Waals surface area contributed by atoms with Gasteiger partial charge in [-0.05, 0) is 37.0 Å². The summed E-state index contributed by atoms with van der Waals surface area (Å²) in [5.74, 6) is -0.957. The minimum absolute atomic E-state index is 0.157. The number of unbranched alkanes of at least 4 members (excludes halogenated alkanes) is 6. The third kappa shape index (κ3) is 9.70. The Labute approximate surface area is 195 Å². The summed E-state index contributed by atoms with van der Waals surface area (Å²) in [6.45, 7) is 7.15. The minimum atomic E-state index is -0.800. The topological polar surface area (TPSA) is 44.8 Å². The monoisotopic (exact) mass is 442 g/mol. The highest BCUT2D eigenvalue weighted by Crippen LogP contribution is 2.31. The molecule has 1 aliphatic rings. The van der Waals surface area contributed by atoms with Crippen molar-refractivity contribution in [2.75, 3.05) is 13.2 Å². The van der Waals surface area contributed by atoms with Gasteiger partial charge >= 0.3 is 5.97 Å². The van der Waals surface area contributed by atoms with Gasteiger partial charge in [0.1, 0.15) is 6.10 Å². The summed E-state index contributed by atoms with van der Waals surface area (Å²) in [4.78, 5) is 11.9. The van der Waals surface area contributed by atoms with E-state index in [1.54, 1.807) is 0 Å². The number of allylic oxidation sites excluding steroid dienone is 2. The standard InChI is InChI=1S/C28H42O4/c1-4-6-8-9-10-14-22-30-28(31-23-24(3)32-27(29)17-7-5-2)20-18-26(19-21-28)25-15-12-11-13-16-25/h11-13,15-16,18-20,24H,4-10,14,17,21-23H2,1-3H3. The molecule has 0 aliphatic heterocycles. The molecule has 4 heteroatoms. The SMILES string of the molecule is CCCCCCCCOC1(OCC(C)OC(=O)CCCC)C=CC(c2ccccc2)=CC1. The lowest BCUT2D eigenvalue weighted by molar-refractivity contribution is -0.216. The Morgan fingerprint density at radius 3 is 2.38 bits per heavy atom. The van der Waals surface area contributed by atoms with Crippen LogP contribution in [-0.2, 0) is 19.0 Å². The molecule has 178 valence electrons. The molecule has 0 spiro atoms. The molecule has 0 bridgehead atoms. The number of hydrogen-bond donors (Lipinski definition) is 0. The molecule has 0 aromatic heterocycles. The maximum Gasteiger partial charge on any atom is 0.306 e. The van der Waals surface area contributed by atoms with Crippen molar-refractivity contribution in [2.24, 2.45) is 0 Å². The van der Waals surface area contributed by atoms with Crippen molar-refractivity contribution in [3.63, 3.8) is 0 Å². The van der Waals surface area contributed by atoms with Crippen LogP contribution in [0, 0.1) is 0 Å². The summed E-state index contributed by atoms with van der Waals surface area (Å²) >= 11 is 0. The van der Waals surface area contributed by atoms with Gasteiger partial charge in [-0.15, -0.1) is 0 Å². The molecular weight excluding hydrogens is 400 g/mol. The van der Waals surface area contributed by atoms with Crippen LogP contribution in [0.15, 0.2) is 48.6 Å². The summed E-state index contributed by atoms with van der Waals surface area (Å²) in [5.41, 5.74) is 2.36. The van der Waals surface area contributed by atoms with Gasteiger partial charge in [-0.2, -0.15) is 0 Å². The van der Waals surface area contributed by atoms with Crippen molar-refractivity contribution in [3.8, 4) is 0 Å². The second kappa shape index (κ2) is 15.0. The van der Waals surface area contributed by atoms with Crippen molar-refractivity contribution in [3.05, 3.63) is 54.1 Å². The Bertz CT molecular complexity index is 709. The zero-order valence-corrected chi connectivity index (χ0v) is 20.3. The fourth-order valence-electron chi connectivity index (χ4n) is 3.73. The summed E-state index contributed by atoms with van der Waals surface area (Å²) in [6.07, 6.45) is 16.2. The molecule has 1 aromatic rings. The van der Waals surface area contributed by atoms with E-state index in [1.807, 2.05) is 31.2 Å². The van der Waals surface area contributed by atoms with Gasteiger partial charge in [0.25, 0.3) is 0 Å². The Kier molecular flexibility index (Phi) is 12.4. The number of carbonyl (C=O) groups excluding carboxylic acids is 1. The summed E-state index contributed by atoms with van der Waals surface area (Å²) < 4.78 is 18.0. The van der Waals surface area contributed by atoms with Gasteiger partial charge in [0.05, 0.1) is 13.2 Å². The van der Waals surface area contributed by atoms with E-state index in [0.717, 1.165) is 19.3 Å². The molecule has 0 radical (unpaired) electrons. The molecule has 1 aliphatic carbocycles. The van der Waals surface area contributed by atoms with E-state index in [1.165, 1.54) is 43.2 Å². The van der Waals surface area contributed by atoms with E-state index in [4.69, 9.17) is 14.2 Å². The predicted molar refractivity (Wildman–Crippen MR) is 131 cm³/mol. The molecule has 0 saturated heterocycles. The van der Waals surface area contributed by atoms with Crippen LogP contribution in [0.2, 0.25) is 0 Å². The van der Waals surface area contributed by atoms with Gasteiger partial charge in [-0.3, -0.25) is 4.79 Å². The van der Waals surface area contributed by atoms with Crippen molar-refractivity contribution in [1.29, 1.82) is 0 Å². The molecule has 2 unspecified atom stereocenters. The molecule has 0 heterocycles. The largest absolute Gasteiger partial charge is 0.460 e. The quantitative estimate of drug-likeness (QED) is 0.154. The molecule has 0 amide bonds. The van der Waals surface area contributed by atoms with Crippen molar-refractivity contribution >= 4 is 11.5 Å². The smallest absolute Gasteiger partial charge is 0.306 e. The second-order valence-corrected chi connectivity index (χ2v) is 8.71. The fourth-order valence-corrected chi connectivity index (χ4v) is 3.73. The molecule has 1 aromatic carbocycles. The molecule has 2 atom stereocenters. The third-order valence-electron chi connectivity index (χ3n) is 5.70. The fraction of sp³-hybridized carbons (Fsp3) is 0.607. The zero-order chi connectivity index (χ0) is 23.1. The average Bonchev–Trinajstić information content (AvgIpc) is 2.82.